The number of carbonyl (C=O) groups is 1. The lowest BCUT2D eigenvalue weighted by molar-refractivity contribution is -0.384. The van der Waals surface area contributed by atoms with Gasteiger partial charge in [-0.3, -0.25) is 14.9 Å². The highest BCUT2D eigenvalue weighted by atomic mass is 32.1. The van der Waals surface area contributed by atoms with Gasteiger partial charge in [-0.15, -0.1) is 11.3 Å². The average molecular weight is 291 g/mol. The third-order valence-corrected chi connectivity index (χ3v) is 3.88. The number of nitrogens with one attached hydrogen (secondary N) is 1. The van der Waals surface area contributed by atoms with Gasteiger partial charge < -0.3 is 5.32 Å². The van der Waals surface area contributed by atoms with Crippen LogP contribution in [0.15, 0.2) is 23.6 Å². The summed E-state index contributed by atoms with van der Waals surface area (Å²) in [6.45, 7) is 3.78. The maximum atomic E-state index is 11.0. The molecule has 0 aliphatic rings. The highest BCUT2D eigenvalue weighted by molar-refractivity contribution is 7.09. The second-order valence-corrected chi connectivity index (χ2v) is 5.23. The minimum Gasteiger partial charge on any atom is -0.371 e. The highest BCUT2D eigenvalue weighted by Gasteiger charge is 2.18. The van der Waals surface area contributed by atoms with Crippen molar-refractivity contribution < 1.29 is 9.72 Å². The molecule has 1 aromatic heterocycles. The van der Waals surface area contributed by atoms with Crippen molar-refractivity contribution in [3.63, 3.8) is 0 Å². The molecule has 2 aromatic rings. The van der Waals surface area contributed by atoms with E-state index in [0.29, 0.717) is 12.0 Å². The van der Waals surface area contributed by atoms with E-state index in [2.05, 4.69) is 10.3 Å². The van der Waals surface area contributed by atoms with E-state index in [4.69, 9.17) is 0 Å². The molecule has 0 aliphatic heterocycles. The van der Waals surface area contributed by atoms with Gasteiger partial charge in [0.1, 0.15) is 17.0 Å². The second kappa shape index (κ2) is 5.79. The molecule has 0 fully saturated rings. The molecule has 0 amide bonds. The zero-order chi connectivity index (χ0) is 14.7. The highest BCUT2D eigenvalue weighted by Crippen LogP contribution is 2.29. The maximum Gasteiger partial charge on any atom is 0.293 e. The van der Waals surface area contributed by atoms with Gasteiger partial charge >= 0.3 is 0 Å². The van der Waals surface area contributed by atoms with Crippen LogP contribution in [0.5, 0.6) is 0 Å². The summed E-state index contributed by atoms with van der Waals surface area (Å²) in [6.07, 6.45) is 0.588. The van der Waals surface area contributed by atoms with Gasteiger partial charge in [-0.05, 0) is 26.0 Å². The van der Waals surface area contributed by atoms with Gasteiger partial charge in [-0.2, -0.15) is 0 Å². The lowest BCUT2D eigenvalue weighted by atomic mass is 10.1. The minimum atomic E-state index is -0.505. The Hall–Kier alpha value is -2.28. The number of carbonyl (C=O) groups excluding carboxylic acids is 1. The zero-order valence-electron chi connectivity index (χ0n) is 11.0. The fraction of sp³-hybridized carbons (Fsp3) is 0.231. The van der Waals surface area contributed by atoms with Crippen molar-refractivity contribution in [2.45, 2.75) is 19.9 Å². The van der Waals surface area contributed by atoms with E-state index in [1.54, 1.807) is 12.1 Å². The fourth-order valence-corrected chi connectivity index (χ4v) is 2.56. The molecule has 6 nitrogen and oxygen atoms in total. The van der Waals surface area contributed by atoms with Crippen molar-refractivity contribution in [1.82, 2.24) is 4.98 Å². The van der Waals surface area contributed by atoms with Crippen LogP contribution in [0, 0.1) is 17.0 Å². The van der Waals surface area contributed by atoms with Crippen LogP contribution < -0.4 is 5.32 Å². The van der Waals surface area contributed by atoms with E-state index in [1.807, 2.05) is 19.2 Å². The summed E-state index contributed by atoms with van der Waals surface area (Å²) < 4.78 is 0. The molecule has 1 N–H and O–H groups in total. The molecule has 0 saturated carbocycles. The molecule has 1 unspecified atom stereocenters. The summed E-state index contributed by atoms with van der Waals surface area (Å²) >= 11 is 1.50. The SMILES string of the molecule is Cc1csc(C(C)Nc2ccc(C=O)cc2[N+](=O)[O-])n1. The van der Waals surface area contributed by atoms with E-state index in [1.165, 1.54) is 17.4 Å². The minimum absolute atomic E-state index is 0.116. The first kappa shape index (κ1) is 14.1. The number of hydrogen-bond donors (Lipinski definition) is 1. The average Bonchev–Trinajstić information content (AvgIpc) is 2.85. The summed E-state index contributed by atoms with van der Waals surface area (Å²) in [4.78, 5) is 25.6. The first-order valence-electron chi connectivity index (χ1n) is 5.93. The van der Waals surface area contributed by atoms with Gasteiger partial charge in [-0.1, -0.05) is 0 Å². The van der Waals surface area contributed by atoms with Gasteiger partial charge in [0.25, 0.3) is 5.69 Å². The molecule has 1 heterocycles. The Labute approximate surface area is 119 Å². The van der Waals surface area contributed by atoms with E-state index in [9.17, 15) is 14.9 Å². The van der Waals surface area contributed by atoms with Gasteiger partial charge in [-0.25, -0.2) is 4.98 Å². The van der Waals surface area contributed by atoms with Gasteiger partial charge in [0.05, 0.1) is 11.0 Å². The van der Waals surface area contributed by atoms with Crippen LogP contribution in [0.25, 0.3) is 0 Å². The number of nitro benzene ring substituents is 1. The van der Waals surface area contributed by atoms with Crippen LogP contribution in [0.4, 0.5) is 11.4 Å². The molecule has 7 heteroatoms. The largest absolute Gasteiger partial charge is 0.371 e. The Morgan fingerprint density at radius 2 is 2.25 bits per heavy atom. The number of hydrogen-bond acceptors (Lipinski definition) is 6. The quantitative estimate of drug-likeness (QED) is 0.518. The van der Waals surface area contributed by atoms with Gasteiger partial charge in [0, 0.05) is 22.7 Å². The Bertz CT molecular complexity index is 654. The normalized spacial score (nSPS) is 11.9. The molecular weight excluding hydrogens is 278 g/mol. The fourth-order valence-electron chi connectivity index (χ4n) is 1.76. The summed E-state index contributed by atoms with van der Waals surface area (Å²) in [6, 6.07) is 4.20. The molecular formula is C13H13N3O3S. The maximum absolute atomic E-state index is 11.0. The molecule has 1 atom stereocenters. The lowest BCUT2D eigenvalue weighted by Crippen LogP contribution is -2.08. The monoisotopic (exact) mass is 291 g/mol. The van der Waals surface area contributed by atoms with Crippen LogP contribution in [-0.4, -0.2) is 16.2 Å². The van der Waals surface area contributed by atoms with Crippen LogP contribution in [-0.2, 0) is 0 Å². The first-order valence-corrected chi connectivity index (χ1v) is 6.81. The van der Waals surface area contributed by atoms with Crippen molar-refractivity contribution in [2.75, 3.05) is 5.32 Å². The van der Waals surface area contributed by atoms with Gasteiger partial charge in [0.2, 0.25) is 0 Å². The number of aldehydes is 1. The number of anilines is 1. The lowest BCUT2D eigenvalue weighted by Gasteiger charge is -2.13. The predicted molar refractivity (Wildman–Crippen MR) is 77.4 cm³/mol. The first-order chi connectivity index (χ1) is 9.51. The third kappa shape index (κ3) is 3.00. The number of nitrogens with zero attached hydrogens (tertiary/aromatic N) is 2. The molecule has 0 spiro atoms. The van der Waals surface area contributed by atoms with Crippen molar-refractivity contribution in [1.29, 1.82) is 0 Å². The molecule has 0 saturated heterocycles. The number of nitro groups is 1. The topological polar surface area (TPSA) is 85.1 Å². The summed E-state index contributed by atoms with van der Waals surface area (Å²) in [5, 5.41) is 16.9. The Morgan fingerprint density at radius 3 is 2.80 bits per heavy atom. The van der Waals surface area contributed by atoms with Crippen molar-refractivity contribution in [2.24, 2.45) is 0 Å². The number of aromatic nitrogens is 1. The van der Waals surface area contributed by atoms with Crippen molar-refractivity contribution in [3.05, 3.63) is 50.0 Å². The standard InChI is InChI=1S/C13H13N3O3S/c1-8-7-20-13(14-8)9(2)15-11-4-3-10(6-17)5-12(11)16(18)19/h3-7,9,15H,1-2H3. The number of thiazole rings is 1. The van der Waals surface area contributed by atoms with Crippen LogP contribution in [0.2, 0.25) is 0 Å². The summed E-state index contributed by atoms with van der Waals surface area (Å²) in [5.74, 6) is 0. The molecule has 0 bridgehead atoms. The summed E-state index contributed by atoms with van der Waals surface area (Å²) in [7, 11) is 0. The molecule has 20 heavy (non-hydrogen) atoms. The van der Waals surface area contributed by atoms with E-state index in [-0.39, 0.29) is 17.3 Å². The number of aryl methyl sites for hydroxylation is 1. The van der Waals surface area contributed by atoms with Crippen LogP contribution in [0.1, 0.15) is 34.0 Å². The third-order valence-electron chi connectivity index (χ3n) is 2.73. The smallest absolute Gasteiger partial charge is 0.293 e. The van der Waals surface area contributed by atoms with Gasteiger partial charge in [0.15, 0.2) is 0 Å². The van der Waals surface area contributed by atoms with E-state index in [0.717, 1.165) is 10.7 Å². The molecule has 0 radical (unpaired) electrons. The van der Waals surface area contributed by atoms with Crippen molar-refractivity contribution >= 4 is 29.0 Å². The van der Waals surface area contributed by atoms with E-state index >= 15 is 0 Å². The van der Waals surface area contributed by atoms with E-state index < -0.39 is 4.92 Å². The zero-order valence-corrected chi connectivity index (χ0v) is 11.8. The molecule has 0 aliphatic carbocycles. The van der Waals surface area contributed by atoms with Crippen LogP contribution in [0.3, 0.4) is 0 Å². The summed E-state index contributed by atoms with van der Waals surface area (Å²) in [5.41, 5.74) is 1.46. The number of benzene rings is 1. The molecule has 104 valence electrons. The Balaban J connectivity index is 2.28. The number of rotatable bonds is 5. The molecule has 1 aromatic carbocycles. The van der Waals surface area contributed by atoms with Crippen LogP contribution >= 0.6 is 11.3 Å². The Morgan fingerprint density at radius 1 is 1.50 bits per heavy atom. The predicted octanol–water partition coefficient (Wildman–Crippen LogP) is 3.35. The second-order valence-electron chi connectivity index (χ2n) is 4.34. The Kier molecular flexibility index (Phi) is 4.09. The molecule has 2 rings (SSSR count). The van der Waals surface area contributed by atoms with Crippen molar-refractivity contribution in [3.8, 4) is 0 Å².